The molecule has 2 aliphatic rings. The average Bonchev–Trinajstić information content (AvgIpc) is 3.45. The molecule has 0 radical (unpaired) electrons. The van der Waals surface area contributed by atoms with E-state index < -0.39 is 0 Å². The van der Waals surface area contributed by atoms with Crippen LogP contribution in [-0.2, 0) is 5.41 Å². The minimum absolute atomic E-state index is 0.0655. The lowest BCUT2D eigenvalue weighted by Gasteiger charge is -2.38. The first-order valence-corrected chi connectivity index (χ1v) is 10.9. The Morgan fingerprint density at radius 3 is 2.50 bits per heavy atom. The highest BCUT2D eigenvalue weighted by Crippen LogP contribution is 2.46. The number of rotatable bonds is 3. The van der Waals surface area contributed by atoms with Gasteiger partial charge in [-0.3, -0.25) is 10.2 Å². The number of nitrogens with one attached hydrogen (secondary N) is 1. The molecule has 3 aromatic rings. The Labute approximate surface area is 187 Å². The normalized spacial score (nSPS) is 16.5. The summed E-state index contributed by atoms with van der Waals surface area (Å²) in [4.78, 5) is 16.8. The molecule has 2 aromatic carbocycles. The topological polar surface area (TPSA) is 69.8 Å². The van der Waals surface area contributed by atoms with Gasteiger partial charge in [0.25, 0.3) is 5.91 Å². The fourth-order valence-electron chi connectivity index (χ4n) is 4.69. The summed E-state index contributed by atoms with van der Waals surface area (Å²) in [6, 6.07) is 19.5. The van der Waals surface area contributed by atoms with Gasteiger partial charge in [-0.05, 0) is 43.2 Å². The van der Waals surface area contributed by atoms with Crippen molar-refractivity contribution in [3.63, 3.8) is 0 Å². The van der Waals surface area contributed by atoms with Crippen LogP contribution in [0.15, 0.2) is 65.1 Å². The predicted octanol–water partition coefficient (Wildman–Crippen LogP) is 4.40. The molecule has 1 amide bonds. The van der Waals surface area contributed by atoms with E-state index in [9.17, 15) is 4.79 Å². The standard InChI is InChI=1S/C26H27N3O3/c1-28(2)24(27)19-8-9-22-20(16-19)26(17-31-22)12-14-29(15-13-26)25(30)23-11-10-21(32-23)18-6-4-3-5-7-18/h3-11,16,27H,12-15,17H2,1-2H3. The number of hydrogen-bond donors (Lipinski definition) is 1. The summed E-state index contributed by atoms with van der Waals surface area (Å²) in [6.07, 6.45) is 1.66. The van der Waals surface area contributed by atoms with Gasteiger partial charge >= 0.3 is 0 Å². The number of fused-ring (bicyclic) bond motifs is 2. The second-order valence-corrected chi connectivity index (χ2v) is 8.85. The second-order valence-electron chi connectivity index (χ2n) is 8.85. The summed E-state index contributed by atoms with van der Waals surface area (Å²) in [5.41, 5.74) is 2.91. The Hall–Kier alpha value is -3.54. The largest absolute Gasteiger partial charge is 0.492 e. The second kappa shape index (κ2) is 7.86. The van der Waals surface area contributed by atoms with Gasteiger partial charge in [0.2, 0.25) is 0 Å². The molecule has 164 valence electrons. The number of furan rings is 1. The van der Waals surface area contributed by atoms with Crippen LogP contribution in [-0.4, -0.2) is 55.3 Å². The molecule has 0 atom stereocenters. The van der Waals surface area contributed by atoms with Gasteiger partial charge in [0.1, 0.15) is 17.3 Å². The maximum absolute atomic E-state index is 13.1. The number of carbonyl (C=O) groups is 1. The summed E-state index contributed by atoms with van der Waals surface area (Å²) < 4.78 is 11.9. The van der Waals surface area contributed by atoms with Crippen molar-refractivity contribution in [3.8, 4) is 17.1 Å². The third-order valence-corrected chi connectivity index (χ3v) is 6.66. The van der Waals surface area contributed by atoms with E-state index in [4.69, 9.17) is 14.6 Å². The van der Waals surface area contributed by atoms with Crippen LogP contribution in [0.5, 0.6) is 5.75 Å². The van der Waals surface area contributed by atoms with Crippen molar-refractivity contribution in [1.82, 2.24) is 9.80 Å². The number of amidine groups is 1. The molecule has 0 saturated carbocycles. The molecule has 1 fully saturated rings. The van der Waals surface area contributed by atoms with Crippen molar-refractivity contribution < 1.29 is 13.9 Å². The van der Waals surface area contributed by atoms with Crippen molar-refractivity contribution in [2.75, 3.05) is 33.8 Å². The third kappa shape index (κ3) is 3.45. The van der Waals surface area contributed by atoms with Gasteiger partial charge in [-0.15, -0.1) is 0 Å². The van der Waals surface area contributed by atoms with Crippen molar-refractivity contribution >= 4 is 11.7 Å². The summed E-state index contributed by atoms with van der Waals surface area (Å²) in [5, 5.41) is 8.32. The number of benzene rings is 2. The Morgan fingerprint density at radius 2 is 1.78 bits per heavy atom. The maximum atomic E-state index is 13.1. The van der Waals surface area contributed by atoms with Gasteiger partial charge in [0.15, 0.2) is 5.76 Å². The van der Waals surface area contributed by atoms with Crippen LogP contribution in [0.25, 0.3) is 11.3 Å². The zero-order valence-corrected chi connectivity index (χ0v) is 18.4. The molecule has 3 heterocycles. The van der Waals surface area contributed by atoms with Gasteiger partial charge in [-0.2, -0.15) is 0 Å². The highest BCUT2D eigenvalue weighted by atomic mass is 16.5. The first-order chi connectivity index (χ1) is 15.5. The van der Waals surface area contributed by atoms with Crippen LogP contribution in [0.1, 0.15) is 34.5 Å². The van der Waals surface area contributed by atoms with Crippen LogP contribution in [0.3, 0.4) is 0 Å². The number of piperidine rings is 1. The number of hydrogen-bond acceptors (Lipinski definition) is 4. The predicted molar refractivity (Wildman–Crippen MR) is 123 cm³/mol. The number of carbonyl (C=O) groups excluding carboxylic acids is 1. The van der Waals surface area contributed by atoms with E-state index in [2.05, 4.69) is 6.07 Å². The van der Waals surface area contributed by atoms with Crippen LogP contribution >= 0.6 is 0 Å². The molecular weight excluding hydrogens is 402 g/mol. The molecule has 6 heteroatoms. The Bertz CT molecular complexity index is 1160. The molecule has 1 spiro atoms. The molecule has 1 saturated heterocycles. The number of amides is 1. The third-order valence-electron chi connectivity index (χ3n) is 6.66. The molecule has 0 aliphatic carbocycles. The fourth-order valence-corrected chi connectivity index (χ4v) is 4.69. The van der Waals surface area contributed by atoms with Crippen molar-refractivity contribution in [3.05, 3.63) is 77.6 Å². The van der Waals surface area contributed by atoms with Gasteiger partial charge in [0.05, 0.1) is 6.61 Å². The summed E-state index contributed by atoms with van der Waals surface area (Å²) >= 11 is 0. The maximum Gasteiger partial charge on any atom is 0.289 e. The highest BCUT2D eigenvalue weighted by Gasteiger charge is 2.44. The summed E-state index contributed by atoms with van der Waals surface area (Å²) in [6.45, 7) is 1.93. The summed E-state index contributed by atoms with van der Waals surface area (Å²) in [7, 11) is 3.76. The molecule has 0 bridgehead atoms. The van der Waals surface area contributed by atoms with E-state index in [1.54, 1.807) is 11.0 Å². The van der Waals surface area contributed by atoms with E-state index in [0.717, 1.165) is 35.3 Å². The summed E-state index contributed by atoms with van der Waals surface area (Å²) in [5.74, 6) is 2.40. The highest BCUT2D eigenvalue weighted by molar-refractivity contribution is 5.96. The lowest BCUT2D eigenvalue weighted by molar-refractivity contribution is 0.0616. The lowest BCUT2D eigenvalue weighted by Crippen LogP contribution is -2.46. The van der Waals surface area contributed by atoms with Crippen molar-refractivity contribution in [1.29, 1.82) is 5.41 Å². The fraction of sp³-hybridized carbons (Fsp3) is 0.308. The molecular formula is C26H27N3O3. The SMILES string of the molecule is CN(C)C(=N)c1ccc2c(c1)C1(CCN(C(=O)c3ccc(-c4ccccc4)o3)CC1)CO2. The average molecular weight is 430 g/mol. The molecule has 0 unspecified atom stereocenters. The first-order valence-electron chi connectivity index (χ1n) is 10.9. The Morgan fingerprint density at radius 1 is 1.03 bits per heavy atom. The molecule has 5 rings (SSSR count). The molecule has 2 aliphatic heterocycles. The minimum atomic E-state index is -0.104. The van der Waals surface area contributed by atoms with Crippen molar-refractivity contribution in [2.45, 2.75) is 18.3 Å². The molecule has 32 heavy (non-hydrogen) atoms. The van der Waals surface area contributed by atoms with Crippen LogP contribution in [0, 0.1) is 5.41 Å². The Balaban J connectivity index is 1.31. The zero-order valence-electron chi connectivity index (χ0n) is 18.4. The minimum Gasteiger partial charge on any atom is -0.492 e. The van der Waals surface area contributed by atoms with Gasteiger partial charge in [-0.25, -0.2) is 0 Å². The van der Waals surface area contributed by atoms with Gasteiger partial charge < -0.3 is 19.0 Å². The van der Waals surface area contributed by atoms with E-state index in [1.165, 1.54) is 0 Å². The Kier molecular flexibility index (Phi) is 5.00. The molecule has 1 aromatic heterocycles. The smallest absolute Gasteiger partial charge is 0.289 e. The van der Waals surface area contributed by atoms with Gasteiger partial charge in [0, 0.05) is 49.3 Å². The van der Waals surface area contributed by atoms with Crippen molar-refractivity contribution in [2.24, 2.45) is 0 Å². The van der Waals surface area contributed by atoms with E-state index in [1.807, 2.05) is 67.5 Å². The lowest BCUT2D eigenvalue weighted by atomic mass is 9.74. The molecule has 1 N–H and O–H groups in total. The zero-order chi connectivity index (χ0) is 22.3. The molecule has 6 nitrogen and oxygen atoms in total. The van der Waals surface area contributed by atoms with Crippen LogP contribution in [0.2, 0.25) is 0 Å². The van der Waals surface area contributed by atoms with E-state index in [-0.39, 0.29) is 11.3 Å². The van der Waals surface area contributed by atoms with Crippen LogP contribution in [0.4, 0.5) is 0 Å². The number of nitrogens with zero attached hydrogens (tertiary/aromatic N) is 2. The first kappa shape index (κ1) is 20.4. The quantitative estimate of drug-likeness (QED) is 0.495. The number of likely N-dealkylation sites (tertiary alicyclic amines) is 1. The monoisotopic (exact) mass is 429 g/mol. The van der Waals surface area contributed by atoms with Gasteiger partial charge in [-0.1, -0.05) is 30.3 Å². The van der Waals surface area contributed by atoms with E-state index >= 15 is 0 Å². The van der Waals surface area contributed by atoms with E-state index in [0.29, 0.717) is 37.1 Å². The van der Waals surface area contributed by atoms with Crippen LogP contribution < -0.4 is 4.74 Å². The number of ether oxygens (including phenoxy) is 1.